The number of hydrogen-bond donors (Lipinski definition) is 1. The minimum absolute atomic E-state index is 0.0722. The van der Waals surface area contributed by atoms with Gasteiger partial charge in [-0.15, -0.1) is 5.06 Å². The average molecular weight is 463 g/mol. The lowest BCUT2D eigenvalue weighted by atomic mass is 10.1. The van der Waals surface area contributed by atoms with Crippen molar-refractivity contribution in [2.75, 3.05) is 26.9 Å². The van der Waals surface area contributed by atoms with E-state index in [1.165, 1.54) is 5.06 Å². The SMILES string of the molecule is CCOc1cc(/C=C2/C(=N)N3OC(C)=CC3=NC2=O)ccc1OCCOc1ccc(OC)cc1. The number of aliphatic imine (C=N–C) groups is 1. The number of fused-ring (bicyclic) bond motifs is 1. The van der Waals surface area contributed by atoms with E-state index in [0.29, 0.717) is 54.2 Å². The maximum absolute atomic E-state index is 12.5. The van der Waals surface area contributed by atoms with Gasteiger partial charge in [0.15, 0.2) is 23.2 Å². The molecule has 2 heterocycles. The summed E-state index contributed by atoms with van der Waals surface area (Å²) in [5, 5.41) is 9.58. The molecule has 9 nitrogen and oxygen atoms in total. The molecule has 0 saturated heterocycles. The van der Waals surface area contributed by atoms with Crippen LogP contribution in [0.3, 0.4) is 0 Å². The van der Waals surface area contributed by atoms with Crippen LogP contribution in [0.5, 0.6) is 23.0 Å². The molecular formula is C25H25N3O6. The van der Waals surface area contributed by atoms with E-state index in [0.717, 1.165) is 5.75 Å². The van der Waals surface area contributed by atoms with Crippen LogP contribution < -0.4 is 18.9 Å². The molecule has 0 spiro atoms. The number of carbonyl (C=O) groups excluding carboxylic acids is 1. The van der Waals surface area contributed by atoms with Crippen LogP contribution in [0.4, 0.5) is 0 Å². The Labute approximate surface area is 197 Å². The van der Waals surface area contributed by atoms with Crippen LogP contribution in [0.25, 0.3) is 6.08 Å². The van der Waals surface area contributed by atoms with Crippen molar-refractivity contribution in [1.82, 2.24) is 5.06 Å². The number of carbonyl (C=O) groups is 1. The molecule has 2 aromatic rings. The predicted molar refractivity (Wildman–Crippen MR) is 126 cm³/mol. The van der Waals surface area contributed by atoms with Crippen molar-refractivity contribution < 1.29 is 28.6 Å². The monoisotopic (exact) mass is 463 g/mol. The van der Waals surface area contributed by atoms with Gasteiger partial charge in [0.25, 0.3) is 5.91 Å². The highest BCUT2D eigenvalue weighted by Gasteiger charge is 2.34. The molecule has 0 radical (unpaired) electrons. The van der Waals surface area contributed by atoms with Gasteiger partial charge in [0.1, 0.15) is 30.5 Å². The highest BCUT2D eigenvalue weighted by molar-refractivity contribution is 6.32. The number of amides is 1. The molecule has 1 amide bonds. The number of allylic oxidation sites excluding steroid dienone is 1. The van der Waals surface area contributed by atoms with Crippen LogP contribution in [0.1, 0.15) is 19.4 Å². The topological polar surface area (TPSA) is 103 Å². The molecule has 0 aromatic heterocycles. The van der Waals surface area contributed by atoms with Crippen molar-refractivity contribution >= 4 is 23.7 Å². The van der Waals surface area contributed by atoms with Crippen molar-refractivity contribution in [3.05, 3.63) is 65.4 Å². The first-order chi connectivity index (χ1) is 16.5. The number of hydroxylamine groups is 2. The van der Waals surface area contributed by atoms with Crippen LogP contribution in [0, 0.1) is 5.41 Å². The van der Waals surface area contributed by atoms with E-state index >= 15 is 0 Å². The van der Waals surface area contributed by atoms with E-state index in [1.807, 2.05) is 31.2 Å². The summed E-state index contributed by atoms with van der Waals surface area (Å²) >= 11 is 0. The third-order valence-corrected chi connectivity index (χ3v) is 4.93. The van der Waals surface area contributed by atoms with E-state index in [-0.39, 0.29) is 11.4 Å². The number of nitrogens with zero attached hydrogens (tertiary/aromatic N) is 2. The van der Waals surface area contributed by atoms with E-state index in [4.69, 9.17) is 29.2 Å². The minimum atomic E-state index is -0.500. The smallest absolute Gasteiger partial charge is 0.282 e. The molecule has 9 heteroatoms. The van der Waals surface area contributed by atoms with E-state index in [2.05, 4.69) is 4.99 Å². The van der Waals surface area contributed by atoms with Crippen molar-refractivity contribution in [2.24, 2.45) is 4.99 Å². The third kappa shape index (κ3) is 5.03. The molecule has 176 valence electrons. The Morgan fingerprint density at radius 3 is 2.50 bits per heavy atom. The van der Waals surface area contributed by atoms with Crippen molar-refractivity contribution in [2.45, 2.75) is 13.8 Å². The lowest BCUT2D eigenvalue weighted by molar-refractivity contribution is -0.114. The maximum atomic E-state index is 12.5. The van der Waals surface area contributed by atoms with Gasteiger partial charge in [0, 0.05) is 6.08 Å². The van der Waals surface area contributed by atoms with Gasteiger partial charge in [0.05, 0.1) is 19.3 Å². The maximum Gasteiger partial charge on any atom is 0.282 e. The summed E-state index contributed by atoms with van der Waals surface area (Å²) in [7, 11) is 1.61. The second kappa shape index (κ2) is 10.1. The molecule has 0 aliphatic carbocycles. The normalized spacial score (nSPS) is 16.0. The van der Waals surface area contributed by atoms with Crippen LogP contribution >= 0.6 is 0 Å². The molecule has 0 unspecified atom stereocenters. The van der Waals surface area contributed by atoms with E-state index in [9.17, 15) is 4.79 Å². The fourth-order valence-corrected chi connectivity index (χ4v) is 3.35. The largest absolute Gasteiger partial charge is 0.497 e. The lowest BCUT2D eigenvalue weighted by Crippen LogP contribution is -2.38. The van der Waals surface area contributed by atoms with Crippen LogP contribution in [-0.4, -0.2) is 49.6 Å². The Kier molecular flexibility index (Phi) is 6.82. The molecule has 1 N–H and O–H groups in total. The van der Waals surface area contributed by atoms with Crippen LogP contribution in [-0.2, 0) is 9.63 Å². The summed E-state index contributed by atoms with van der Waals surface area (Å²) < 4.78 is 22.4. The predicted octanol–water partition coefficient (Wildman–Crippen LogP) is 4.00. The van der Waals surface area contributed by atoms with Crippen molar-refractivity contribution in [3.63, 3.8) is 0 Å². The summed E-state index contributed by atoms with van der Waals surface area (Å²) in [6.45, 7) is 4.70. The molecule has 0 atom stereocenters. The summed E-state index contributed by atoms with van der Waals surface area (Å²) in [5.41, 5.74) is 0.789. The fraction of sp³-hybridized carbons (Fsp3) is 0.240. The van der Waals surface area contributed by atoms with Crippen LogP contribution in [0.15, 0.2) is 64.9 Å². The van der Waals surface area contributed by atoms with Gasteiger partial charge in [0.2, 0.25) is 0 Å². The number of nitrogens with one attached hydrogen (secondary N) is 1. The molecule has 4 rings (SSSR count). The molecule has 0 saturated carbocycles. The van der Waals surface area contributed by atoms with Gasteiger partial charge in [-0.1, -0.05) is 6.07 Å². The van der Waals surface area contributed by atoms with Gasteiger partial charge < -0.3 is 23.8 Å². The Hall–Kier alpha value is -4.27. The van der Waals surface area contributed by atoms with Gasteiger partial charge in [-0.05, 0) is 61.9 Å². The first-order valence-corrected chi connectivity index (χ1v) is 10.7. The van der Waals surface area contributed by atoms with E-state index < -0.39 is 5.91 Å². The second-order valence-electron chi connectivity index (χ2n) is 7.33. The van der Waals surface area contributed by atoms with Crippen molar-refractivity contribution in [1.29, 1.82) is 5.41 Å². The Morgan fingerprint density at radius 2 is 1.76 bits per heavy atom. The minimum Gasteiger partial charge on any atom is -0.497 e. The molecule has 2 aliphatic rings. The Bertz CT molecular complexity index is 1180. The lowest BCUT2D eigenvalue weighted by Gasteiger charge is -2.23. The Morgan fingerprint density at radius 1 is 1.03 bits per heavy atom. The zero-order chi connectivity index (χ0) is 24.1. The molecule has 2 aromatic carbocycles. The van der Waals surface area contributed by atoms with Crippen molar-refractivity contribution in [3.8, 4) is 23.0 Å². The second-order valence-corrected chi connectivity index (χ2v) is 7.33. The van der Waals surface area contributed by atoms with Crippen LogP contribution in [0.2, 0.25) is 0 Å². The van der Waals surface area contributed by atoms with Gasteiger partial charge in [-0.2, -0.15) is 4.99 Å². The first-order valence-electron chi connectivity index (χ1n) is 10.7. The molecule has 2 aliphatic heterocycles. The standard InChI is InChI=1S/C25H25N3O6/c1-4-31-22-15-17(14-20-24(26)28-23(27-25(20)29)13-16(2)34-28)5-10-21(22)33-12-11-32-19-8-6-18(30-3)7-9-19/h5-10,13-15,26H,4,11-12H2,1-3H3/b20-14-,26-24?. The summed E-state index contributed by atoms with van der Waals surface area (Å²) in [4.78, 5) is 21.9. The van der Waals surface area contributed by atoms with Gasteiger partial charge in [-0.25, -0.2) is 0 Å². The first kappa shape index (κ1) is 22.9. The van der Waals surface area contributed by atoms with Gasteiger partial charge >= 0.3 is 0 Å². The number of methoxy groups -OCH3 is 1. The summed E-state index contributed by atoms with van der Waals surface area (Å²) in [6, 6.07) is 12.6. The summed E-state index contributed by atoms with van der Waals surface area (Å²) in [5.74, 6) is 2.85. The Balaban J connectivity index is 1.43. The third-order valence-electron chi connectivity index (χ3n) is 4.93. The fourth-order valence-electron chi connectivity index (χ4n) is 3.35. The number of rotatable bonds is 9. The highest BCUT2D eigenvalue weighted by atomic mass is 16.7. The number of hydrogen-bond acceptors (Lipinski definition) is 7. The average Bonchev–Trinajstić information content (AvgIpc) is 3.21. The molecule has 0 fully saturated rings. The highest BCUT2D eigenvalue weighted by Crippen LogP contribution is 2.31. The van der Waals surface area contributed by atoms with E-state index in [1.54, 1.807) is 44.4 Å². The molecular weight excluding hydrogens is 438 g/mol. The number of benzene rings is 2. The number of ether oxygens (including phenoxy) is 4. The quantitative estimate of drug-likeness (QED) is 0.443. The number of amidine groups is 2. The molecule has 0 bridgehead atoms. The zero-order valence-electron chi connectivity index (χ0n) is 19.2. The summed E-state index contributed by atoms with van der Waals surface area (Å²) in [6.07, 6.45) is 3.20. The van der Waals surface area contributed by atoms with Gasteiger partial charge in [-0.3, -0.25) is 10.2 Å². The molecule has 34 heavy (non-hydrogen) atoms. The zero-order valence-corrected chi connectivity index (χ0v) is 19.2.